The zero-order chi connectivity index (χ0) is 13.7. The molecule has 1 saturated carbocycles. The summed E-state index contributed by atoms with van der Waals surface area (Å²) in [5, 5.41) is 6.84. The smallest absolute Gasteiger partial charge is 0.146 e. The van der Waals surface area contributed by atoms with Crippen molar-refractivity contribution in [2.24, 2.45) is 5.92 Å². The molecule has 5 heteroatoms. The number of hydrogen-bond acceptors (Lipinski definition) is 4. The molecule has 19 heavy (non-hydrogen) atoms. The van der Waals surface area contributed by atoms with Crippen LogP contribution in [0.3, 0.4) is 0 Å². The molecule has 0 bridgehead atoms. The highest BCUT2D eigenvalue weighted by atomic mass is 79.9. The van der Waals surface area contributed by atoms with E-state index >= 15 is 0 Å². The average molecular weight is 327 g/mol. The standard InChI is InChI=1S/C14H23BrN4/c1-3-8-16-13-12(15)14(18-9-17-13)19-10(2)11-6-4-5-7-11/h9-11H,3-8H2,1-2H3,(H2,16,17,18,19). The van der Waals surface area contributed by atoms with Gasteiger partial charge in [-0.15, -0.1) is 0 Å². The van der Waals surface area contributed by atoms with Crippen molar-refractivity contribution in [3.63, 3.8) is 0 Å². The first-order valence-electron chi connectivity index (χ1n) is 7.23. The minimum absolute atomic E-state index is 0.465. The van der Waals surface area contributed by atoms with Crippen molar-refractivity contribution < 1.29 is 0 Å². The van der Waals surface area contributed by atoms with Gasteiger partial charge in [-0.05, 0) is 48.0 Å². The van der Waals surface area contributed by atoms with E-state index in [9.17, 15) is 0 Å². The van der Waals surface area contributed by atoms with Crippen molar-refractivity contribution in [3.8, 4) is 0 Å². The van der Waals surface area contributed by atoms with Crippen LogP contribution in [0.1, 0.15) is 46.0 Å². The van der Waals surface area contributed by atoms with Gasteiger partial charge in [0.1, 0.15) is 22.4 Å². The number of nitrogens with zero attached hydrogens (tertiary/aromatic N) is 2. The van der Waals surface area contributed by atoms with Crippen molar-refractivity contribution >= 4 is 27.6 Å². The molecule has 1 aromatic heterocycles. The van der Waals surface area contributed by atoms with Crippen LogP contribution in [0.2, 0.25) is 0 Å². The fraction of sp³-hybridized carbons (Fsp3) is 0.714. The lowest BCUT2D eigenvalue weighted by molar-refractivity contribution is 0.481. The minimum Gasteiger partial charge on any atom is -0.369 e. The van der Waals surface area contributed by atoms with Crippen molar-refractivity contribution in [1.82, 2.24) is 9.97 Å². The molecular formula is C14H23BrN4. The quantitative estimate of drug-likeness (QED) is 0.827. The van der Waals surface area contributed by atoms with Gasteiger partial charge in [0.25, 0.3) is 0 Å². The van der Waals surface area contributed by atoms with E-state index in [0.29, 0.717) is 6.04 Å². The summed E-state index contributed by atoms with van der Waals surface area (Å²) in [7, 11) is 0. The lowest BCUT2D eigenvalue weighted by Gasteiger charge is -2.22. The zero-order valence-corrected chi connectivity index (χ0v) is 13.3. The Labute approximate surface area is 123 Å². The molecule has 1 atom stereocenters. The van der Waals surface area contributed by atoms with Crippen LogP contribution in [0.15, 0.2) is 10.8 Å². The largest absolute Gasteiger partial charge is 0.369 e. The second-order valence-electron chi connectivity index (χ2n) is 5.29. The number of hydrogen-bond donors (Lipinski definition) is 2. The Hall–Kier alpha value is -0.840. The molecule has 1 aromatic rings. The highest BCUT2D eigenvalue weighted by Crippen LogP contribution is 2.32. The predicted molar refractivity (Wildman–Crippen MR) is 83.6 cm³/mol. The summed E-state index contributed by atoms with van der Waals surface area (Å²) in [5.74, 6) is 2.54. The molecule has 0 aliphatic heterocycles. The second-order valence-corrected chi connectivity index (χ2v) is 6.08. The van der Waals surface area contributed by atoms with E-state index in [-0.39, 0.29) is 0 Å². The van der Waals surface area contributed by atoms with Gasteiger partial charge in [0.15, 0.2) is 0 Å². The highest BCUT2D eigenvalue weighted by molar-refractivity contribution is 9.10. The van der Waals surface area contributed by atoms with E-state index in [0.717, 1.165) is 35.0 Å². The van der Waals surface area contributed by atoms with Crippen LogP contribution in [0.4, 0.5) is 11.6 Å². The summed E-state index contributed by atoms with van der Waals surface area (Å²) >= 11 is 3.60. The number of anilines is 2. The van der Waals surface area contributed by atoms with Crippen LogP contribution in [0.5, 0.6) is 0 Å². The Bertz CT molecular complexity index is 404. The maximum atomic E-state index is 4.35. The van der Waals surface area contributed by atoms with Gasteiger partial charge in [0.05, 0.1) is 0 Å². The van der Waals surface area contributed by atoms with E-state index in [1.807, 2.05) is 0 Å². The first-order chi connectivity index (χ1) is 9.22. The number of nitrogens with one attached hydrogen (secondary N) is 2. The van der Waals surface area contributed by atoms with Gasteiger partial charge in [0, 0.05) is 12.6 Å². The number of aromatic nitrogens is 2. The molecule has 0 radical (unpaired) electrons. The third kappa shape index (κ3) is 3.81. The molecule has 0 amide bonds. The van der Waals surface area contributed by atoms with Crippen LogP contribution in [-0.2, 0) is 0 Å². The van der Waals surface area contributed by atoms with Gasteiger partial charge in [-0.1, -0.05) is 19.8 Å². The van der Waals surface area contributed by atoms with Gasteiger partial charge in [-0.2, -0.15) is 0 Å². The van der Waals surface area contributed by atoms with Crippen LogP contribution in [-0.4, -0.2) is 22.6 Å². The molecule has 4 nitrogen and oxygen atoms in total. The Balaban J connectivity index is 2.02. The van der Waals surface area contributed by atoms with E-state index in [2.05, 4.69) is 50.4 Å². The highest BCUT2D eigenvalue weighted by Gasteiger charge is 2.22. The molecule has 1 heterocycles. The van der Waals surface area contributed by atoms with Gasteiger partial charge in [0.2, 0.25) is 0 Å². The Kier molecular flexibility index (Phi) is 5.43. The Morgan fingerprint density at radius 3 is 2.68 bits per heavy atom. The summed E-state index contributed by atoms with van der Waals surface area (Å²) in [6.07, 6.45) is 8.09. The van der Waals surface area contributed by atoms with Crippen LogP contribution in [0, 0.1) is 5.92 Å². The van der Waals surface area contributed by atoms with E-state index in [1.165, 1.54) is 25.7 Å². The first kappa shape index (κ1) is 14.6. The first-order valence-corrected chi connectivity index (χ1v) is 8.02. The average Bonchev–Trinajstić information content (AvgIpc) is 2.94. The minimum atomic E-state index is 0.465. The van der Waals surface area contributed by atoms with Crippen LogP contribution >= 0.6 is 15.9 Å². The van der Waals surface area contributed by atoms with Crippen molar-refractivity contribution in [3.05, 3.63) is 10.8 Å². The van der Waals surface area contributed by atoms with E-state index < -0.39 is 0 Å². The topological polar surface area (TPSA) is 49.8 Å². The van der Waals surface area contributed by atoms with Gasteiger partial charge < -0.3 is 10.6 Å². The fourth-order valence-electron chi connectivity index (χ4n) is 2.63. The van der Waals surface area contributed by atoms with Gasteiger partial charge >= 0.3 is 0 Å². The fourth-order valence-corrected chi connectivity index (χ4v) is 3.09. The lowest BCUT2D eigenvalue weighted by atomic mass is 10.00. The molecule has 1 aliphatic carbocycles. The van der Waals surface area contributed by atoms with Gasteiger partial charge in [-0.3, -0.25) is 0 Å². The molecule has 0 saturated heterocycles. The maximum absolute atomic E-state index is 4.35. The predicted octanol–water partition coefficient (Wildman–Crippen LogP) is 4.05. The summed E-state index contributed by atoms with van der Waals surface area (Å²) in [6, 6.07) is 0.465. The second kappa shape index (κ2) is 7.08. The lowest BCUT2D eigenvalue weighted by Crippen LogP contribution is -2.24. The van der Waals surface area contributed by atoms with E-state index in [1.54, 1.807) is 6.33 Å². The van der Waals surface area contributed by atoms with Crippen LogP contribution in [0.25, 0.3) is 0 Å². The molecule has 1 fully saturated rings. The molecular weight excluding hydrogens is 304 g/mol. The molecule has 0 spiro atoms. The molecule has 106 valence electrons. The molecule has 0 aromatic carbocycles. The number of halogens is 1. The summed E-state index contributed by atoms with van der Waals surface area (Å²) in [5.41, 5.74) is 0. The zero-order valence-electron chi connectivity index (χ0n) is 11.7. The monoisotopic (exact) mass is 326 g/mol. The van der Waals surface area contributed by atoms with E-state index in [4.69, 9.17) is 0 Å². The third-order valence-corrected chi connectivity index (χ3v) is 4.55. The summed E-state index contributed by atoms with van der Waals surface area (Å²) in [4.78, 5) is 8.62. The SMILES string of the molecule is CCCNc1ncnc(NC(C)C2CCCC2)c1Br. The Morgan fingerprint density at radius 1 is 1.32 bits per heavy atom. The van der Waals surface area contributed by atoms with Crippen molar-refractivity contribution in [2.75, 3.05) is 17.2 Å². The summed E-state index contributed by atoms with van der Waals surface area (Å²) in [6.45, 7) is 5.32. The van der Waals surface area contributed by atoms with Crippen molar-refractivity contribution in [2.45, 2.75) is 52.0 Å². The molecule has 1 unspecified atom stereocenters. The molecule has 2 rings (SSSR count). The Morgan fingerprint density at radius 2 is 2.00 bits per heavy atom. The number of rotatable bonds is 6. The maximum Gasteiger partial charge on any atom is 0.146 e. The van der Waals surface area contributed by atoms with Gasteiger partial charge in [-0.25, -0.2) is 9.97 Å². The third-order valence-electron chi connectivity index (χ3n) is 3.80. The summed E-state index contributed by atoms with van der Waals surface area (Å²) < 4.78 is 0.938. The normalized spacial score (nSPS) is 17.4. The van der Waals surface area contributed by atoms with Crippen LogP contribution < -0.4 is 10.6 Å². The van der Waals surface area contributed by atoms with Crippen molar-refractivity contribution in [1.29, 1.82) is 0 Å². The molecule has 2 N–H and O–H groups in total. The molecule has 1 aliphatic rings.